The van der Waals surface area contributed by atoms with Crippen LogP contribution in [0, 0.1) is 0 Å². The maximum absolute atomic E-state index is 10.3. The number of phenols is 1. The first kappa shape index (κ1) is 30.3. The molecule has 0 saturated heterocycles. The Kier molecular flexibility index (Phi) is 18.9. The Hall–Kier alpha value is -1.67. The third-order valence-corrected chi connectivity index (χ3v) is 5.53. The number of para-hydroxylation sites is 1. The fourth-order valence-corrected chi connectivity index (χ4v) is 3.41. The highest BCUT2D eigenvalue weighted by molar-refractivity contribution is 5.90. The molecule has 7 heteroatoms. The number of aliphatic hydroxyl groups excluding tert-OH is 3. The molecule has 0 aliphatic carbocycles. The predicted octanol–water partition coefficient (Wildman–Crippen LogP) is 4.21. The summed E-state index contributed by atoms with van der Waals surface area (Å²) in [7, 11) is 0. The molecule has 0 bridgehead atoms. The average Bonchev–Trinajstić information content (AvgIpc) is 2.79. The molecular weight excluding hydrogens is 410 g/mol. The summed E-state index contributed by atoms with van der Waals surface area (Å²) in [4.78, 5) is 10.3. The van der Waals surface area contributed by atoms with E-state index >= 15 is 0 Å². The summed E-state index contributed by atoms with van der Waals surface area (Å²) >= 11 is 0. The minimum atomic E-state index is -1.11. The summed E-state index contributed by atoms with van der Waals surface area (Å²) in [5, 5.41) is 45.5. The van der Waals surface area contributed by atoms with Crippen molar-refractivity contribution in [2.75, 3.05) is 6.61 Å². The maximum atomic E-state index is 10.3. The van der Waals surface area contributed by atoms with Crippen molar-refractivity contribution < 1.29 is 30.3 Å². The Morgan fingerprint density at radius 3 is 1.75 bits per heavy atom. The summed E-state index contributed by atoms with van der Waals surface area (Å²) in [5.74, 6) is -1.31. The molecule has 32 heavy (non-hydrogen) atoms. The number of benzene rings is 1. The molecule has 7 N–H and O–H groups in total. The van der Waals surface area contributed by atoms with E-state index in [0.717, 1.165) is 12.8 Å². The van der Waals surface area contributed by atoms with E-state index in [1.165, 1.54) is 76.3 Å². The van der Waals surface area contributed by atoms with Crippen molar-refractivity contribution in [1.29, 1.82) is 0 Å². The second kappa shape index (κ2) is 20.0. The van der Waals surface area contributed by atoms with E-state index in [9.17, 15) is 15.0 Å². The summed E-state index contributed by atoms with van der Waals surface area (Å²) in [6, 6.07) is 5.07. The number of carboxylic acids is 1. The monoisotopic (exact) mass is 455 g/mol. The van der Waals surface area contributed by atoms with Gasteiger partial charge in [0.05, 0.1) is 24.9 Å². The number of carboxylic acid groups (broad SMARTS) is 1. The van der Waals surface area contributed by atoms with Crippen LogP contribution < -0.4 is 5.73 Å². The number of rotatable bonds is 17. The second-order valence-electron chi connectivity index (χ2n) is 8.40. The van der Waals surface area contributed by atoms with Gasteiger partial charge in [-0.1, -0.05) is 96.1 Å². The van der Waals surface area contributed by atoms with Crippen LogP contribution in [0.4, 0.5) is 0 Å². The Balaban J connectivity index is 0.000000792. The van der Waals surface area contributed by atoms with Crippen molar-refractivity contribution in [2.45, 2.75) is 109 Å². The molecular formula is C25H45NO6. The van der Waals surface area contributed by atoms with Gasteiger partial charge in [-0.3, -0.25) is 0 Å². The Morgan fingerprint density at radius 1 is 0.875 bits per heavy atom. The van der Waals surface area contributed by atoms with Crippen LogP contribution in [0.5, 0.6) is 5.75 Å². The molecule has 7 nitrogen and oxygen atoms in total. The number of aromatic hydroxyl groups is 1. The Morgan fingerprint density at radius 2 is 1.34 bits per heavy atom. The van der Waals surface area contributed by atoms with Crippen LogP contribution in [0.15, 0.2) is 24.3 Å². The van der Waals surface area contributed by atoms with Gasteiger partial charge >= 0.3 is 5.97 Å². The van der Waals surface area contributed by atoms with Crippen molar-refractivity contribution in [2.24, 2.45) is 5.73 Å². The third-order valence-electron chi connectivity index (χ3n) is 5.53. The number of carbonyl (C=O) groups is 1. The molecule has 1 rings (SSSR count). The molecule has 1 aromatic rings. The van der Waals surface area contributed by atoms with E-state index in [4.69, 9.17) is 21.1 Å². The number of aliphatic hydroxyl groups is 3. The van der Waals surface area contributed by atoms with Gasteiger partial charge in [0.15, 0.2) is 0 Å². The first-order valence-corrected chi connectivity index (χ1v) is 12.1. The second-order valence-corrected chi connectivity index (χ2v) is 8.40. The standard InChI is InChI=1S/C18H39NO3.C7H6O3/c1-2-3-4-5-6-7-8-9-10-11-12-13-14-17(21)18(22)16(19)15-20;8-6-4-2-1-3-5(6)7(9)10/h16-18,20-22H,2-15,19H2,1H3;1-4,8H,(H,9,10). The average molecular weight is 456 g/mol. The van der Waals surface area contributed by atoms with Crippen molar-refractivity contribution in [1.82, 2.24) is 0 Å². The van der Waals surface area contributed by atoms with Gasteiger partial charge in [-0.15, -0.1) is 0 Å². The SMILES string of the molecule is CCCCCCCCCCCCCCC(O)C(O)C(N)CO.O=C(O)c1ccccc1O. The van der Waals surface area contributed by atoms with E-state index in [1.54, 1.807) is 12.1 Å². The number of hydrogen-bond donors (Lipinski definition) is 6. The maximum Gasteiger partial charge on any atom is 0.339 e. The molecule has 186 valence electrons. The zero-order chi connectivity index (χ0) is 24.2. The molecule has 3 unspecified atom stereocenters. The van der Waals surface area contributed by atoms with Crippen LogP contribution in [-0.4, -0.2) is 56.4 Å². The zero-order valence-corrected chi connectivity index (χ0v) is 19.7. The Labute approximate surface area is 193 Å². The third kappa shape index (κ3) is 15.2. The lowest BCUT2D eigenvalue weighted by Gasteiger charge is -2.22. The van der Waals surface area contributed by atoms with Crippen LogP contribution in [0.25, 0.3) is 0 Å². The van der Waals surface area contributed by atoms with Crippen molar-refractivity contribution >= 4 is 5.97 Å². The van der Waals surface area contributed by atoms with Gasteiger partial charge in [0.2, 0.25) is 0 Å². The fourth-order valence-electron chi connectivity index (χ4n) is 3.41. The summed E-state index contributed by atoms with van der Waals surface area (Å²) < 4.78 is 0. The van der Waals surface area contributed by atoms with Crippen LogP contribution in [0.1, 0.15) is 101 Å². The van der Waals surface area contributed by atoms with Crippen LogP contribution in [0.3, 0.4) is 0 Å². The fraction of sp³-hybridized carbons (Fsp3) is 0.720. The number of nitrogens with two attached hydrogens (primary N) is 1. The smallest absolute Gasteiger partial charge is 0.339 e. The number of aromatic carboxylic acids is 1. The van der Waals surface area contributed by atoms with E-state index in [2.05, 4.69) is 6.92 Å². The van der Waals surface area contributed by atoms with Gasteiger partial charge in [0.1, 0.15) is 11.3 Å². The Bertz CT molecular complexity index is 583. The quantitative estimate of drug-likeness (QED) is 0.193. The minimum absolute atomic E-state index is 0.0671. The predicted molar refractivity (Wildman–Crippen MR) is 128 cm³/mol. The molecule has 0 fully saturated rings. The van der Waals surface area contributed by atoms with E-state index in [0.29, 0.717) is 6.42 Å². The van der Waals surface area contributed by atoms with Gasteiger partial charge in [0.25, 0.3) is 0 Å². The summed E-state index contributed by atoms with van der Waals surface area (Å²) in [6.07, 6.45) is 14.1. The lowest BCUT2D eigenvalue weighted by Crippen LogP contribution is -2.45. The lowest BCUT2D eigenvalue weighted by atomic mass is 10.00. The zero-order valence-electron chi connectivity index (χ0n) is 19.7. The van der Waals surface area contributed by atoms with Gasteiger partial charge in [-0.2, -0.15) is 0 Å². The minimum Gasteiger partial charge on any atom is -0.507 e. The molecule has 0 aliphatic heterocycles. The van der Waals surface area contributed by atoms with Crippen LogP contribution in [-0.2, 0) is 0 Å². The van der Waals surface area contributed by atoms with E-state index in [1.807, 2.05) is 0 Å². The van der Waals surface area contributed by atoms with Gasteiger partial charge < -0.3 is 31.3 Å². The van der Waals surface area contributed by atoms with Crippen LogP contribution >= 0.6 is 0 Å². The molecule has 0 spiro atoms. The molecule has 0 amide bonds. The first-order chi connectivity index (χ1) is 15.3. The van der Waals surface area contributed by atoms with E-state index < -0.39 is 24.2 Å². The van der Waals surface area contributed by atoms with Gasteiger partial charge in [0, 0.05) is 0 Å². The van der Waals surface area contributed by atoms with E-state index in [-0.39, 0.29) is 17.9 Å². The molecule has 3 atom stereocenters. The first-order valence-electron chi connectivity index (χ1n) is 12.1. The molecule has 0 heterocycles. The van der Waals surface area contributed by atoms with Crippen molar-refractivity contribution in [3.05, 3.63) is 29.8 Å². The van der Waals surface area contributed by atoms with Crippen LogP contribution in [0.2, 0.25) is 0 Å². The normalized spacial score (nSPS) is 13.7. The molecule has 0 radical (unpaired) electrons. The molecule has 0 aromatic heterocycles. The summed E-state index contributed by atoms with van der Waals surface area (Å²) in [5.41, 5.74) is 5.43. The topological polar surface area (TPSA) is 144 Å². The van der Waals surface area contributed by atoms with Gasteiger partial charge in [-0.05, 0) is 18.6 Å². The largest absolute Gasteiger partial charge is 0.507 e. The molecule has 0 aliphatic rings. The lowest BCUT2D eigenvalue weighted by molar-refractivity contribution is -0.0121. The summed E-state index contributed by atoms with van der Waals surface area (Å²) in [6.45, 7) is 1.96. The highest BCUT2D eigenvalue weighted by Crippen LogP contribution is 2.15. The molecule has 1 aromatic carbocycles. The van der Waals surface area contributed by atoms with Crippen molar-refractivity contribution in [3.8, 4) is 5.75 Å². The highest BCUT2D eigenvalue weighted by Gasteiger charge is 2.22. The molecule has 0 saturated carbocycles. The van der Waals surface area contributed by atoms with Crippen molar-refractivity contribution in [3.63, 3.8) is 0 Å². The highest BCUT2D eigenvalue weighted by atomic mass is 16.4. The van der Waals surface area contributed by atoms with Gasteiger partial charge in [-0.25, -0.2) is 4.79 Å². The number of unbranched alkanes of at least 4 members (excludes halogenated alkanes) is 11. The number of hydrogen-bond acceptors (Lipinski definition) is 6.